The Kier molecular flexibility index (Phi) is 6.53. The van der Waals surface area contributed by atoms with E-state index < -0.39 is 0 Å². The van der Waals surface area contributed by atoms with Gasteiger partial charge in [0.1, 0.15) is 5.82 Å². The largest absolute Gasteiger partial charge is 0.352 e. The SMILES string of the molecule is O=C(Cc1cccc(Cl)c1)N1CCN(c2ncccc2C(=O)N2CCCCC2)CC1. The molecule has 2 aromatic rings. The first-order valence-corrected chi connectivity index (χ1v) is 11.0. The number of carbonyl (C=O) groups is 2. The number of hydrogen-bond donors (Lipinski definition) is 0. The average Bonchev–Trinajstić information content (AvgIpc) is 2.79. The molecule has 158 valence electrons. The van der Waals surface area contributed by atoms with Crippen molar-refractivity contribution >= 4 is 29.2 Å². The van der Waals surface area contributed by atoms with Gasteiger partial charge in [-0.2, -0.15) is 0 Å². The van der Waals surface area contributed by atoms with Gasteiger partial charge in [-0.3, -0.25) is 9.59 Å². The second kappa shape index (κ2) is 9.47. The number of rotatable bonds is 4. The van der Waals surface area contributed by atoms with Crippen molar-refractivity contribution in [3.05, 3.63) is 58.7 Å². The van der Waals surface area contributed by atoms with Gasteiger partial charge in [0, 0.05) is 50.5 Å². The highest BCUT2D eigenvalue weighted by Crippen LogP contribution is 2.23. The Morgan fingerprint density at radius 2 is 1.67 bits per heavy atom. The van der Waals surface area contributed by atoms with E-state index in [1.54, 1.807) is 6.20 Å². The predicted octanol–water partition coefficient (Wildman–Crippen LogP) is 3.25. The van der Waals surface area contributed by atoms with Gasteiger partial charge in [0.05, 0.1) is 12.0 Å². The molecule has 2 fully saturated rings. The molecule has 2 amide bonds. The molecular formula is C23H27ClN4O2. The van der Waals surface area contributed by atoms with Gasteiger partial charge < -0.3 is 14.7 Å². The van der Waals surface area contributed by atoms with Gasteiger partial charge in [0.25, 0.3) is 5.91 Å². The molecule has 1 aromatic heterocycles. The number of halogens is 1. The molecule has 2 aliphatic rings. The molecular weight excluding hydrogens is 400 g/mol. The standard InChI is InChI=1S/C23H27ClN4O2/c24-19-7-4-6-18(16-19)17-21(29)26-12-14-27(15-13-26)22-20(8-5-9-25-22)23(30)28-10-2-1-3-11-28/h4-9,16H,1-3,10-15,17H2. The average molecular weight is 427 g/mol. The van der Waals surface area contributed by atoms with Crippen molar-refractivity contribution in [2.45, 2.75) is 25.7 Å². The molecule has 0 atom stereocenters. The first-order valence-electron chi connectivity index (χ1n) is 10.6. The summed E-state index contributed by atoms with van der Waals surface area (Å²) in [7, 11) is 0. The number of amides is 2. The number of piperidine rings is 1. The van der Waals surface area contributed by atoms with E-state index in [-0.39, 0.29) is 11.8 Å². The molecule has 4 rings (SSSR count). The maximum Gasteiger partial charge on any atom is 0.257 e. The lowest BCUT2D eigenvalue weighted by Gasteiger charge is -2.36. The van der Waals surface area contributed by atoms with Crippen LogP contribution in [0.15, 0.2) is 42.6 Å². The molecule has 1 aromatic carbocycles. The third-order valence-electron chi connectivity index (χ3n) is 5.84. The Morgan fingerprint density at radius 1 is 0.900 bits per heavy atom. The van der Waals surface area contributed by atoms with Crippen molar-refractivity contribution in [1.82, 2.24) is 14.8 Å². The number of anilines is 1. The van der Waals surface area contributed by atoms with Crippen molar-refractivity contribution in [2.24, 2.45) is 0 Å². The Bertz CT molecular complexity index is 906. The number of aromatic nitrogens is 1. The smallest absolute Gasteiger partial charge is 0.257 e. The number of likely N-dealkylation sites (tertiary alicyclic amines) is 1. The number of piperazine rings is 1. The first kappa shape index (κ1) is 20.7. The highest BCUT2D eigenvalue weighted by Gasteiger charge is 2.27. The van der Waals surface area contributed by atoms with Gasteiger partial charge in [0.15, 0.2) is 0 Å². The zero-order chi connectivity index (χ0) is 20.9. The summed E-state index contributed by atoms with van der Waals surface area (Å²) >= 11 is 6.03. The van der Waals surface area contributed by atoms with Crippen molar-refractivity contribution < 1.29 is 9.59 Å². The highest BCUT2D eigenvalue weighted by atomic mass is 35.5. The highest BCUT2D eigenvalue weighted by molar-refractivity contribution is 6.30. The van der Waals surface area contributed by atoms with Gasteiger partial charge >= 0.3 is 0 Å². The Hall–Kier alpha value is -2.60. The van der Waals surface area contributed by atoms with E-state index in [0.29, 0.717) is 43.2 Å². The minimum atomic E-state index is 0.0669. The molecule has 2 aliphatic heterocycles. The van der Waals surface area contributed by atoms with Gasteiger partial charge in [0.2, 0.25) is 5.91 Å². The second-order valence-corrected chi connectivity index (χ2v) is 8.34. The molecule has 6 nitrogen and oxygen atoms in total. The van der Waals surface area contributed by atoms with E-state index in [1.165, 1.54) is 6.42 Å². The number of nitrogens with zero attached hydrogens (tertiary/aromatic N) is 4. The Labute approximate surface area is 182 Å². The molecule has 7 heteroatoms. The van der Waals surface area contributed by atoms with Gasteiger partial charge in [-0.25, -0.2) is 4.98 Å². The minimum Gasteiger partial charge on any atom is -0.352 e. The molecule has 2 saturated heterocycles. The van der Waals surface area contributed by atoms with Crippen LogP contribution < -0.4 is 4.90 Å². The molecule has 0 spiro atoms. The molecule has 0 N–H and O–H groups in total. The van der Waals surface area contributed by atoms with Crippen LogP contribution in [0.2, 0.25) is 5.02 Å². The number of hydrogen-bond acceptors (Lipinski definition) is 4. The maximum atomic E-state index is 13.1. The summed E-state index contributed by atoms with van der Waals surface area (Å²) in [5.74, 6) is 0.898. The predicted molar refractivity (Wildman–Crippen MR) is 118 cm³/mol. The van der Waals surface area contributed by atoms with Crippen LogP contribution in [0, 0.1) is 0 Å². The minimum absolute atomic E-state index is 0.0669. The summed E-state index contributed by atoms with van der Waals surface area (Å²) in [6.45, 7) is 4.20. The lowest BCUT2D eigenvalue weighted by Crippen LogP contribution is -2.50. The van der Waals surface area contributed by atoms with E-state index in [1.807, 2.05) is 46.2 Å². The topological polar surface area (TPSA) is 56.8 Å². The molecule has 0 radical (unpaired) electrons. The second-order valence-electron chi connectivity index (χ2n) is 7.90. The zero-order valence-electron chi connectivity index (χ0n) is 17.1. The van der Waals surface area contributed by atoms with Crippen LogP contribution in [0.3, 0.4) is 0 Å². The Balaban J connectivity index is 1.39. The van der Waals surface area contributed by atoms with E-state index in [9.17, 15) is 9.59 Å². The van der Waals surface area contributed by atoms with E-state index in [4.69, 9.17) is 11.6 Å². The van der Waals surface area contributed by atoms with Crippen LogP contribution in [-0.2, 0) is 11.2 Å². The van der Waals surface area contributed by atoms with Crippen molar-refractivity contribution in [3.8, 4) is 0 Å². The molecule has 0 aliphatic carbocycles. The number of benzene rings is 1. The third kappa shape index (κ3) is 4.75. The van der Waals surface area contributed by atoms with Crippen LogP contribution >= 0.6 is 11.6 Å². The van der Waals surface area contributed by atoms with Crippen LogP contribution in [0.25, 0.3) is 0 Å². The first-order chi connectivity index (χ1) is 14.6. The summed E-state index contributed by atoms with van der Waals surface area (Å²) in [5, 5.41) is 0.645. The van der Waals surface area contributed by atoms with Gasteiger partial charge in [-0.1, -0.05) is 23.7 Å². The van der Waals surface area contributed by atoms with E-state index >= 15 is 0 Å². The van der Waals surface area contributed by atoms with Crippen LogP contribution in [-0.4, -0.2) is 65.9 Å². The normalized spacial score (nSPS) is 17.2. The van der Waals surface area contributed by atoms with Gasteiger partial charge in [-0.15, -0.1) is 0 Å². The summed E-state index contributed by atoms with van der Waals surface area (Å²) in [5.41, 5.74) is 1.59. The molecule has 3 heterocycles. The van der Waals surface area contributed by atoms with E-state index in [2.05, 4.69) is 9.88 Å². The molecule has 0 unspecified atom stereocenters. The fourth-order valence-corrected chi connectivity index (χ4v) is 4.40. The molecule has 0 saturated carbocycles. The fourth-order valence-electron chi connectivity index (χ4n) is 4.18. The van der Waals surface area contributed by atoms with Crippen LogP contribution in [0.4, 0.5) is 5.82 Å². The number of pyridine rings is 1. The maximum absolute atomic E-state index is 13.1. The van der Waals surface area contributed by atoms with Crippen molar-refractivity contribution in [1.29, 1.82) is 0 Å². The zero-order valence-corrected chi connectivity index (χ0v) is 17.9. The molecule has 30 heavy (non-hydrogen) atoms. The number of carbonyl (C=O) groups excluding carboxylic acids is 2. The lowest BCUT2D eigenvalue weighted by atomic mass is 10.1. The fraction of sp³-hybridized carbons (Fsp3) is 0.435. The molecule has 0 bridgehead atoms. The quantitative estimate of drug-likeness (QED) is 0.753. The van der Waals surface area contributed by atoms with Gasteiger partial charge in [-0.05, 0) is 49.1 Å². The summed E-state index contributed by atoms with van der Waals surface area (Å²) in [6, 6.07) is 11.1. The third-order valence-corrected chi connectivity index (χ3v) is 6.07. The summed E-state index contributed by atoms with van der Waals surface area (Å²) in [6.07, 6.45) is 5.40. The van der Waals surface area contributed by atoms with E-state index in [0.717, 1.165) is 37.3 Å². The van der Waals surface area contributed by atoms with Crippen LogP contribution in [0.5, 0.6) is 0 Å². The monoisotopic (exact) mass is 426 g/mol. The lowest BCUT2D eigenvalue weighted by molar-refractivity contribution is -0.130. The van der Waals surface area contributed by atoms with Crippen LogP contribution in [0.1, 0.15) is 35.2 Å². The summed E-state index contributed by atoms with van der Waals surface area (Å²) < 4.78 is 0. The Morgan fingerprint density at radius 3 is 2.40 bits per heavy atom. The van der Waals surface area contributed by atoms with Crippen molar-refractivity contribution in [2.75, 3.05) is 44.2 Å². The summed E-state index contributed by atoms with van der Waals surface area (Å²) in [4.78, 5) is 36.2. The van der Waals surface area contributed by atoms with Crippen molar-refractivity contribution in [3.63, 3.8) is 0 Å².